The molecule has 0 fully saturated rings. The second-order valence-electron chi connectivity index (χ2n) is 3.88. The summed E-state index contributed by atoms with van der Waals surface area (Å²) in [6.45, 7) is 1.85. The van der Waals surface area contributed by atoms with Gasteiger partial charge in [-0.2, -0.15) is 5.26 Å². The molecule has 1 aromatic heterocycles. The Morgan fingerprint density at radius 2 is 2.06 bits per heavy atom. The van der Waals surface area contributed by atoms with E-state index >= 15 is 0 Å². The first-order valence-corrected chi connectivity index (χ1v) is 5.44. The van der Waals surface area contributed by atoms with Gasteiger partial charge in [0.2, 0.25) is 0 Å². The third-order valence-corrected chi connectivity index (χ3v) is 2.74. The molecule has 0 saturated heterocycles. The van der Waals surface area contributed by atoms with Gasteiger partial charge in [0.15, 0.2) is 0 Å². The van der Waals surface area contributed by atoms with Crippen LogP contribution in [-0.4, -0.2) is 12.1 Å². The number of H-pyrrole nitrogens is 1. The van der Waals surface area contributed by atoms with Crippen LogP contribution in [0, 0.1) is 18.3 Å². The van der Waals surface area contributed by atoms with Crippen LogP contribution in [0.2, 0.25) is 0 Å². The first kappa shape index (κ1) is 11.9. The average Bonchev–Trinajstić information content (AvgIpc) is 2.41. The lowest BCUT2D eigenvalue weighted by molar-refractivity contribution is 0.416. The molecule has 0 spiro atoms. The van der Waals surface area contributed by atoms with E-state index in [9.17, 15) is 4.79 Å². The Morgan fingerprint density at radius 1 is 1.33 bits per heavy atom. The number of nitrogens with zero attached hydrogens (tertiary/aromatic N) is 1. The van der Waals surface area contributed by atoms with Crippen LogP contribution in [0.5, 0.6) is 5.75 Å². The van der Waals surface area contributed by atoms with Crippen molar-refractivity contribution < 1.29 is 4.74 Å². The van der Waals surface area contributed by atoms with E-state index in [4.69, 9.17) is 10.00 Å². The molecule has 1 aromatic carbocycles. The molecule has 1 N–H and O–H groups in total. The van der Waals surface area contributed by atoms with Crippen LogP contribution in [0.3, 0.4) is 0 Å². The summed E-state index contributed by atoms with van der Waals surface area (Å²) in [4.78, 5) is 14.4. The van der Waals surface area contributed by atoms with Crippen LogP contribution in [-0.2, 0) is 0 Å². The quantitative estimate of drug-likeness (QED) is 0.875. The van der Waals surface area contributed by atoms with Crippen LogP contribution in [0.4, 0.5) is 0 Å². The third kappa shape index (κ3) is 1.98. The molecule has 0 aliphatic rings. The summed E-state index contributed by atoms with van der Waals surface area (Å²) in [5, 5.41) is 8.81. The monoisotopic (exact) mass is 240 g/mol. The molecule has 18 heavy (non-hydrogen) atoms. The second kappa shape index (κ2) is 4.76. The molecule has 0 atom stereocenters. The van der Waals surface area contributed by atoms with E-state index in [0.717, 1.165) is 11.1 Å². The van der Waals surface area contributed by atoms with Gasteiger partial charge in [-0.05, 0) is 30.7 Å². The van der Waals surface area contributed by atoms with Gasteiger partial charge in [-0.15, -0.1) is 0 Å². The van der Waals surface area contributed by atoms with Crippen LogP contribution in [0.15, 0.2) is 35.1 Å². The van der Waals surface area contributed by atoms with Crippen molar-refractivity contribution in [2.24, 2.45) is 0 Å². The highest BCUT2D eigenvalue weighted by Gasteiger charge is 2.10. The van der Waals surface area contributed by atoms with E-state index < -0.39 is 0 Å². The van der Waals surface area contributed by atoms with Crippen LogP contribution >= 0.6 is 0 Å². The van der Waals surface area contributed by atoms with Crippen molar-refractivity contribution >= 4 is 0 Å². The van der Waals surface area contributed by atoms with E-state index in [0.29, 0.717) is 11.4 Å². The molecule has 4 heteroatoms. The minimum absolute atomic E-state index is 0.117. The number of benzene rings is 1. The summed E-state index contributed by atoms with van der Waals surface area (Å²) in [7, 11) is 1.58. The summed E-state index contributed by atoms with van der Waals surface area (Å²) in [5.41, 5.74) is 2.04. The molecule has 0 aliphatic heterocycles. The molecular weight excluding hydrogens is 228 g/mol. The van der Waals surface area contributed by atoms with Gasteiger partial charge in [0.05, 0.1) is 12.8 Å². The van der Waals surface area contributed by atoms with Gasteiger partial charge in [0, 0.05) is 5.56 Å². The van der Waals surface area contributed by atoms with Gasteiger partial charge in [-0.3, -0.25) is 4.79 Å². The Balaban J connectivity index is 2.69. The Hall–Kier alpha value is -2.54. The lowest BCUT2D eigenvalue weighted by Gasteiger charge is -2.10. The summed E-state index contributed by atoms with van der Waals surface area (Å²) >= 11 is 0. The van der Waals surface area contributed by atoms with Crippen molar-refractivity contribution in [3.8, 4) is 23.1 Å². The summed E-state index contributed by atoms with van der Waals surface area (Å²) in [5.74, 6) is 0.681. The molecule has 0 saturated carbocycles. The molecule has 0 radical (unpaired) electrons. The maximum absolute atomic E-state index is 11.7. The van der Waals surface area contributed by atoms with Gasteiger partial charge in [0.1, 0.15) is 17.4 Å². The first-order valence-electron chi connectivity index (χ1n) is 5.44. The minimum atomic E-state index is -0.385. The highest BCUT2D eigenvalue weighted by atomic mass is 16.5. The summed E-state index contributed by atoms with van der Waals surface area (Å²) < 4.78 is 5.26. The molecular formula is C14H12N2O2. The number of rotatable bonds is 2. The predicted molar refractivity (Wildman–Crippen MR) is 68.5 cm³/mol. The van der Waals surface area contributed by atoms with Crippen LogP contribution in [0.25, 0.3) is 11.3 Å². The Bertz CT molecular complexity index is 681. The fourth-order valence-electron chi connectivity index (χ4n) is 1.85. The van der Waals surface area contributed by atoms with E-state index in [1.54, 1.807) is 13.2 Å². The predicted octanol–water partition coefficient (Wildman–Crippen LogP) is 2.23. The lowest BCUT2D eigenvalue weighted by Crippen LogP contribution is -2.12. The minimum Gasteiger partial charge on any atom is -0.496 e. The number of aromatic amines is 1. The average molecular weight is 240 g/mol. The zero-order valence-electron chi connectivity index (χ0n) is 10.2. The number of para-hydroxylation sites is 1. The number of nitrogens with one attached hydrogen (secondary N) is 1. The molecule has 1 heterocycles. The summed E-state index contributed by atoms with van der Waals surface area (Å²) in [6, 6.07) is 10.9. The van der Waals surface area contributed by atoms with E-state index in [1.165, 1.54) is 0 Å². The van der Waals surface area contributed by atoms with Gasteiger partial charge in [-0.25, -0.2) is 0 Å². The van der Waals surface area contributed by atoms with Crippen molar-refractivity contribution in [3.05, 3.63) is 51.8 Å². The fraction of sp³-hybridized carbons (Fsp3) is 0.143. The van der Waals surface area contributed by atoms with Crippen LogP contribution < -0.4 is 10.3 Å². The molecule has 4 nitrogen and oxygen atoms in total. The lowest BCUT2D eigenvalue weighted by atomic mass is 10.0. The first-order chi connectivity index (χ1) is 8.67. The number of hydrogen-bond donors (Lipinski definition) is 1. The van der Waals surface area contributed by atoms with Crippen molar-refractivity contribution in [1.82, 2.24) is 4.98 Å². The number of nitriles is 1. The normalized spacial score (nSPS) is 9.83. The van der Waals surface area contributed by atoms with Gasteiger partial charge in [-0.1, -0.05) is 12.1 Å². The number of hydrogen-bond acceptors (Lipinski definition) is 3. The van der Waals surface area contributed by atoms with Gasteiger partial charge < -0.3 is 9.72 Å². The molecule has 2 rings (SSSR count). The van der Waals surface area contributed by atoms with E-state index in [-0.39, 0.29) is 11.1 Å². The molecule has 0 bridgehead atoms. The summed E-state index contributed by atoms with van der Waals surface area (Å²) in [6.07, 6.45) is 0. The highest BCUT2D eigenvalue weighted by Crippen LogP contribution is 2.29. The fourth-order valence-corrected chi connectivity index (χ4v) is 1.85. The SMILES string of the molecule is COc1ccccc1-c1[nH]c(=O)c(C#N)cc1C. The zero-order chi connectivity index (χ0) is 13.1. The Morgan fingerprint density at radius 3 is 2.72 bits per heavy atom. The van der Waals surface area contributed by atoms with Crippen molar-refractivity contribution in [3.63, 3.8) is 0 Å². The zero-order valence-corrected chi connectivity index (χ0v) is 10.2. The topological polar surface area (TPSA) is 65.9 Å². The number of aromatic nitrogens is 1. The molecule has 0 aliphatic carbocycles. The van der Waals surface area contributed by atoms with Gasteiger partial charge >= 0.3 is 0 Å². The van der Waals surface area contributed by atoms with Crippen molar-refractivity contribution in [2.75, 3.05) is 7.11 Å². The standard InChI is InChI=1S/C14H12N2O2/c1-9-7-10(8-15)14(17)16-13(9)11-5-3-4-6-12(11)18-2/h3-7H,1-2H3,(H,16,17). The smallest absolute Gasteiger partial charge is 0.266 e. The number of methoxy groups -OCH3 is 1. The molecule has 0 amide bonds. The second-order valence-corrected chi connectivity index (χ2v) is 3.88. The largest absolute Gasteiger partial charge is 0.496 e. The Labute approximate surface area is 104 Å². The van der Waals surface area contributed by atoms with Crippen molar-refractivity contribution in [1.29, 1.82) is 5.26 Å². The highest BCUT2D eigenvalue weighted by molar-refractivity contribution is 5.70. The van der Waals surface area contributed by atoms with Gasteiger partial charge in [0.25, 0.3) is 5.56 Å². The number of aryl methyl sites for hydroxylation is 1. The molecule has 0 unspecified atom stereocenters. The van der Waals surface area contributed by atoms with E-state index in [2.05, 4.69) is 4.98 Å². The Kier molecular flexibility index (Phi) is 3.16. The maximum atomic E-state index is 11.7. The maximum Gasteiger partial charge on any atom is 0.266 e. The van der Waals surface area contributed by atoms with Crippen LogP contribution in [0.1, 0.15) is 11.1 Å². The third-order valence-electron chi connectivity index (χ3n) is 2.74. The van der Waals surface area contributed by atoms with Crippen molar-refractivity contribution in [2.45, 2.75) is 6.92 Å². The van der Waals surface area contributed by atoms with E-state index in [1.807, 2.05) is 37.3 Å². The molecule has 90 valence electrons. The number of pyridine rings is 1. The number of ether oxygens (including phenoxy) is 1. The molecule has 2 aromatic rings.